The molecule has 3 aromatic heterocycles. The Morgan fingerprint density at radius 2 is 1.84 bits per heavy atom. The molecule has 168 valence electrons. The maximum Gasteiger partial charge on any atom is 0.234 e. The number of thioether (sulfide) groups is 1. The van der Waals surface area contributed by atoms with Gasteiger partial charge in [0.25, 0.3) is 0 Å². The molecular weight excluding hydrogens is 420 g/mol. The summed E-state index contributed by atoms with van der Waals surface area (Å²) in [4.78, 5) is 9.22. The number of imidazole rings is 1. The summed E-state index contributed by atoms with van der Waals surface area (Å²) in [7, 11) is 0. The van der Waals surface area contributed by atoms with Crippen LogP contribution in [0.15, 0.2) is 41.7 Å². The average Bonchev–Trinajstić information content (AvgIpc) is 3.34. The van der Waals surface area contributed by atoms with Crippen LogP contribution < -0.4 is 4.74 Å². The monoisotopic (exact) mass is 450 g/mol. The molecule has 4 rings (SSSR count). The standard InChI is InChI=1S/C24H30N6OS/c1-6-19-7-9-21(10-8-19)31-14-22-27-28-24(30(22)12-16(2)3)32-15-20-13-29-18(5)11-17(4)25-23(29)26-20/h7-11,13,16H,6,12,14-15H2,1-5H3. The highest BCUT2D eigenvalue weighted by atomic mass is 32.2. The lowest BCUT2D eigenvalue weighted by molar-refractivity contribution is 0.284. The Kier molecular flexibility index (Phi) is 6.79. The molecule has 0 radical (unpaired) electrons. The van der Waals surface area contributed by atoms with Gasteiger partial charge in [0.15, 0.2) is 11.0 Å². The molecule has 0 aliphatic carbocycles. The molecule has 3 heterocycles. The van der Waals surface area contributed by atoms with Crippen molar-refractivity contribution in [1.29, 1.82) is 0 Å². The molecule has 0 fully saturated rings. The molecule has 1 aromatic carbocycles. The largest absolute Gasteiger partial charge is 0.486 e. The number of hydrogen-bond acceptors (Lipinski definition) is 6. The predicted molar refractivity (Wildman–Crippen MR) is 127 cm³/mol. The van der Waals surface area contributed by atoms with Crippen molar-refractivity contribution in [3.05, 3.63) is 65.0 Å². The summed E-state index contributed by atoms with van der Waals surface area (Å²) in [5, 5.41) is 9.77. The minimum atomic E-state index is 0.391. The van der Waals surface area contributed by atoms with E-state index >= 15 is 0 Å². The number of rotatable bonds is 9. The van der Waals surface area contributed by atoms with Gasteiger partial charge in [0.2, 0.25) is 5.78 Å². The number of fused-ring (bicyclic) bond motifs is 1. The van der Waals surface area contributed by atoms with Gasteiger partial charge in [-0.3, -0.25) is 4.40 Å². The second-order valence-electron chi connectivity index (χ2n) is 8.42. The number of aromatic nitrogens is 6. The van der Waals surface area contributed by atoms with Crippen molar-refractivity contribution in [3.8, 4) is 5.75 Å². The fourth-order valence-electron chi connectivity index (χ4n) is 3.58. The summed E-state index contributed by atoms with van der Waals surface area (Å²) in [5.41, 5.74) is 4.38. The zero-order valence-electron chi connectivity index (χ0n) is 19.4. The quantitative estimate of drug-likeness (QED) is 0.333. The van der Waals surface area contributed by atoms with Crippen molar-refractivity contribution in [1.82, 2.24) is 29.1 Å². The molecule has 0 amide bonds. The van der Waals surface area contributed by atoms with E-state index in [2.05, 4.69) is 76.8 Å². The third kappa shape index (κ3) is 5.12. The van der Waals surface area contributed by atoms with Crippen LogP contribution in [0, 0.1) is 19.8 Å². The van der Waals surface area contributed by atoms with E-state index < -0.39 is 0 Å². The van der Waals surface area contributed by atoms with Gasteiger partial charge in [0, 0.05) is 29.9 Å². The SMILES string of the molecule is CCc1ccc(OCc2nnc(SCc3cn4c(C)cc(C)nc4n3)n2CC(C)C)cc1. The van der Waals surface area contributed by atoms with Crippen molar-refractivity contribution in [2.75, 3.05) is 0 Å². The van der Waals surface area contributed by atoms with Gasteiger partial charge in [-0.25, -0.2) is 9.97 Å². The van der Waals surface area contributed by atoms with Crippen LogP contribution in [0.4, 0.5) is 0 Å². The Labute approximate surface area is 193 Å². The van der Waals surface area contributed by atoms with E-state index in [1.807, 2.05) is 23.5 Å². The van der Waals surface area contributed by atoms with Crippen LogP contribution >= 0.6 is 11.8 Å². The first-order valence-electron chi connectivity index (χ1n) is 11.0. The van der Waals surface area contributed by atoms with Gasteiger partial charge in [-0.05, 0) is 49.9 Å². The Hall–Kier alpha value is -2.87. The summed E-state index contributed by atoms with van der Waals surface area (Å²) in [6.07, 6.45) is 3.07. The molecular formula is C24H30N6OS. The zero-order chi connectivity index (χ0) is 22.7. The second-order valence-corrected chi connectivity index (χ2v) is 9.36. The number of nitrogens with zero attached hydrogens (tertiary/aromatic N) is 6. The summed E-state index contributed by atoms with van der Waals surface area (Å²) >= 11 is 1.65. The lowest BCUT2D eigenvalue weighted by Gasteiger charge is -2.13. The van der Waals surface area contributed by atoms with E-state index in [4.69, 9.17) is 4.74 Å². The highest BCUT2D eigenvalue weighted by Gasteiger charge is 2.16. The van der Waals surface area contributed by atoms with Gasteiger partial charge in [0.1, 0.15) is 12.4 Å². The van der Waals surface area contributed by atoms with Crippen molar-refractivity contribution >= 4 is 17.5 Å². The maximum atomic E-state index is 6.00. The molecule has 8 heteroatoms. The van der Waals surface area contributed by atoms with Gasteiger partial charge >= 0.3 is 0 Å². The van der Waals surface area contributed by atoms with Crippen molar-refractivity contribution < 1.29 is 4.74 Å². The van der Waals surface area contributed by atoms with E-state index in [-0.39, 0.29) is 0 Å². The van der Waals surface area contributed by atoms with Crippen LogP contribution in [0.2, 0.25) is 0 Å². The smallest absolute Gasteiger partial charge is 0.234 e. The molecule has 4 aromatic rings. The summed E-state index contributed by atoms with van der Waals surface area (Å²) in [6, 6.07) is 10.3. The van der Waals surface area contributed by atoms with Crippen molar-refractivity contribution in [2.45, 2.75) is 65.1 Å². The predicted octanol–water partition coefficient (Wildman–Crippen LogP) is 5.03. The number of hydrogen-bond donors (Lipinski definition) is 0. The van der Waals surface area contributed by atoms with Gasteiger partial charge < -0.3 is 9.30 Å². The Bertz CT molecular complexity index is 1200. The number of ether oxygens (including phenoxy) is 1. The summed E-state index contributed by atoms with van der Waals surface area (Å²) in [6.45, 7) is 11.8. The molecule has 7 nitrogen and oxygen atoms in total. The van der Waals surface area contributed by atoms with E-state index in [1.54, 1.807) is 11.8 Å². The molecule has 0 unspecified atom stereocenters. The third-order valence-corrected chi connectivity index (χ3v) is 6.20. The fourth-order valence-corrected chi connectivity index (χ4v) is 4.43. The maximum absolute atomic E-state index is 6.00. The van der Waals surface area contributed by atoms with Crippen LogP contribution in [0.3, 0.4) is 0 Å². The van der Waals surface area contributed by atoms with Crippen LogP contribution in [0.25, 0.3) is 5.78 Å². The second kappa shape index (κ2) is 9.73. The summed E-state index contributed by atoms with van der Waals surface area (Å²) in [5.74, 6) is 3.60. The van der Waals surface area contributed by atoms with E-state index in [9.17, 15) is 0 Å². The normalized spacial score (nSPS) is 11.6. The topological polar surface area (TPSA) is 70.1 Å². The van der Waals surface area contributed by atoms with Gasteiger partial charge in [-0.1, -0.05) is 44.7 Å². The average molecular weight is 451 g/mol. The highest BCUT2D eigenvalue weighted by Crippen LogP contribution is 2.24. The van der Waals surface area contributed by atoms with E-state index in [0.717, 1.165) is 52.6 Å². The minimum absolute atomic E-state index is 0.391. The lowest BCUT2D eigenvalue weighted by atomic mass is 10.2. The fraction of sp³-hybridized carbons (Fsp3) is 0.417. The Morgan fingerprint density at radius 1 is 1.06 bits per heavy atom. The zero-order valence-corrected chi connectivity index (χ0v) is 20.2. The number of aryl methyl sites for hydroxylation is 3. The number of benzene rings is 1. The Morgan fingerprint density at radius 3 is 2.56 bits per heavy atom. The van der Waals surface area contributed by atoms with Crippen LogP contribution in [0.1, 0.15) is 49.2 Å². The molecule has 0 bridgehead atoms. The van der Waals surface area contributed by atoms with Crippen LogP contribution in [-0.2, 0) is 25.3 Å². The molecule has 0 saturated heterocycles. The first-order chi connectivity index (χ1) is 15.4. The molecule has 0 N–H and O–H groups in total. The molecule has 0 saturated carbocycles. The first-order valence-corrected chi connectivity index (χ1v) is 12.0. The van der Waals surface area contributed by atoms with Gasteiger partial charge in [0.05, 0.1) is 5.69 Å². The minimum Gasteiger partial charge on any atom is -0.486 e. The molecule has 32 heavy (non-hydrogen) atoms. The summed E-state index contributed by atoms with van der Waals surface area (Å²) < 4.78 is 10.2. The molecule has 0 spiro atoms. The van der Waals surface area contributed by atoms with Gasteiger partial charge in [-0.2, -0.15) is 0 Å². The van der Waals surface area contributed by atoms with Gasteiger partial charge in [-0.15, -0.1) is 10.2 Å². The third-order valence-electron chi connectivity index (χ3n) is 5.20. The Balaban J connectivity index is 1.48. The van der Waals surface area contributed by atoms with Crippen molar-refractivity contribution in [3.63, 3.8) is 0 Å². The molecule has 0 aliphatic heterocycles. The van der Waals surface area contributed by atoms with E-state index in [0.29, 0.717) is 18.3 Å². The van der Waals surface area contributed by atoms with Crippen LogP contribution in [0.5, 0.6) is 5.75 Å². The van der Waals surface area contributed by atoms with Crippen LogP contribution in [-0.4, -0.2) is 29.1 Å². The molecule has 0 aliphatic rings. The molecule has 0 atom stereocenters. The van der Waals surface area contributed by atoms with E-state index in [1.165, 1.54) is 5.56 Å². The highest BCUT2D eigenvalue weighted by molar-refractivity contribution is 7.98. The van der Waals surface area contributed by atoms with Crippen molar-refractivity contribution in [2.24, 2.45) is 5.92 Å². The lowest BCUT2D eigenvalue weighted by Crippen LogP contribution is -2.12. The first kappa shape index (κ1) is 22.3.